The fourth-order valence-corrected chi connectivity index (χ4v) is 2.58. The molecule has 4 nitrogen and oxygen atoms in total. The molecule has 1 fully saturated rings. The predicted octanol–water partition coefficient (Wildman–Crippen LogP) is 1.82. The summed E-state index contributed by atoms with van der Waals surface area (Å²) >= 11 is 0. The van der Waals surface area contributed by atoms with E-state index < -0.39 is 58.9 Å². The molecule has 0 aromatic heterocycles. The van der Waals surface area contributed by atoms with Crippen molar-refractivity contribution in [2.75, 3.05) is 13.1 Å². The van der Waals surface area contributed by atoms with E-state index in [-0.39, 0.29) is 19.5 Å². The van der Waals surface area contributed by atoms with Gasteiger partial charge in [-0.15, -0.1) is 0 Å². The first kappa shape index (κ1) is 16.7. The molecule has 0 radical (unpaired) electrons. The second-order valence-corrected chi connectivity index (χ2v) is 5.40. The molecule has 0 saturated carbocycles. The Bertz CT molecular complexity index is 579. The molecule has 0 aliphatic carbocycles. The summed E-state index contributed by atoms with van der Waals surface area (Å²) in [5.74, 6) is -7.95. The number of likely N-dealkylation sites (tertiary alicyclic amines) is 1. The van der Waals surface area contributed by atoms with E-state index in [1.165, 1.54) is 4.90 Å². The van der Waals surface area contributed by atoms with Gasteiger partial charge in [0, 0.05) is 24.2 Å². The summed E-state index contributed by atoms with van der Waals surface area (Å²) in [6, 6.07) is 0. The van der Waals surface area contributed by atoms with Crippen LogP contribution in [0.25, 0.3) is 0 Å². The van der Waals surface area contributed by atoms with Gasteiger partial charge in [0.2, 0.25) is 0 Å². The van der Waals surface area contributed by atoms with Crippen molar-refractivity contribution in [3.63, 3.8) is 0 Å². The number of carboxylic acids is 1. The van der Waals surface area contributed by atoms with Gasteiger partial charge in [-0.25, -0.2) is 17.6 Å². The Morgan fingerprint density at radius 3 is 2.18 bits per heavy atom. The molecule has 1 aromatic rings. The maximum atomic E-state index is 13.8. The zero-order chi connectivity index (χ0) is 16.6. The molecule has 2 N–H and O–H groups in total. The Morgan fingerprint density at radius 2 is 1.73 bits per heavy atom. The molecule has 0 bridgehead atoms. The predicted molar refractivity (Wildman–Crippen MR) is 68.0 cm³/mol. The molecule has 1 aliphatic heterocycles. The average molecular weight is 321 g/mol. The molecule has 2 atom stereocenters. The van der Waals surface area contributed by atoms with Crippen LogP contribution in [0.15, 0.2) is 0 Å². The highest BCUT2D eigenvalue weighted by Gasteiger charge is 2.34. The number of rotatable bonds is 3. The first-order valence-electron chi connectivity index (χ1n) is 6.68. The van der Waals surface area contributed by atoms with Crippen molar-refractivity contribution in [2.45, 2.75) is 26.0 Å². The van der Waals surface area contributed by atoms with E-state index in [9.17, 15) is 27.5 Å². The lowest BCUT2D eigenvalue weighted by Crippen LogP contribution is -2.46. The fraction of sp³-hybridized carbons (Fsp3) is 0.500. The van der Waals surface area contributed by atoms with Crippen LogP contribution in [0.4, 0.5) is 17.6 Å². The summed E-state index contributed by atoms with van der Waals surface area (Å²) in [6.07, 6.45) is -1.13. The second-order valence-electron chi connectivity index (χ2n) is 5.40. The van der Waals surface area contributed by atoms with Gasteiger partial charge < -0.3 is 10.2 Å². The number of benzene rings is 1. The normalized spacial score (nSPS) is 22.8. The van der Waals surface area contributed by atoms with E-state index in [0.717, 1.165) is 6.92 Å². The molecule has 22 heavy (non-hydrogen) atoms. The molecule has 1 aliphatic rings. The largest absolute Gasteiger partial charge is 0.481 e. The van der Waals surface area contributed by atoms with Gasteiger partial charge in [-0.1, -0.05) is 0 Å². The molecule has 1 heterocycles. The van der Waals surface area contributed by atoms with Crippen molar-refractivity contribution in [3.8, 4) is 0 Å². The summed E-state index contributed by atoms with van der Waals surface area (Å²) in [7, 11) is 0. The average Bonchev–Trinajstić information content (AvgIpc) is 2.47. The third-order valence-electron chi connectivity index (χ3n) is 3.94. The Labute approximate surface area is 124 Å². The lowest BCUT2D eigenvalue weighted by atomic mass is 9.93. The third-order valence-corrected chi connectivity index (χ3v) is 3.94. The van der Waals surface area contributed by atoms with Crippen molar-refractivity contribution in [3.05, 3.63) is 34.4 Å². The Kier molecular flexibility index (Phi) is 4.72. The van der Waals surface area contributed by atoms with Crippen LogP contribution >= 0.6 is 0 Å². The van der Waals surface area contributed by atoms with Crippen molar-refractivity contribution < 1.29 is 32.6 Å². The molecule has 0 unspecified atom stereocenters. The standard InChI is InChI=1S/C14H15F4NO3/c1-6-10(15)12(17)8(13(18)11(6)16)4-19-3-2-7(14(21)22)9(20)5-19/h7,9,20H,2-5H2,1H3,(H,21,22)/t7-,9+/m0/s1. The van der Waals surface area contributed by atoms with E-state index in [1.54, 1.807) is 0 Å². The number of aliphatic hydroxyl groups is 1. The number of halogens is 4. The van der Waals surface area contributed by atoms with E-state index >= 15 is 0 Å². The van der Waals surface area contributed by atoms with Crippen molar-refractivity contribution in [1.29, 1.82) is 0 Å². The highest BCUT2D eigenvalue weighted by Crippen LogP contribution is 2.26. The topological polar surface area (TPSA) is 60.8 Å². The van der Waals surface area contributed by atoms with Crippen LogP contribution in [-0.2, 0) is 11.3 Å². The van der Waals surface area contributed by atoms with Gasteiger partial charge in [-0.2, -0.15) is 0 Å². The van der Waals surface area contributed by atoms with Crippen LogP contribution < -0.4 is 0 Å². The number of β-amino-alcohol motifs (C(OH)–C–C–N with tert-alkyl or cyclic N) is 1. The zero-order valence-electron chi connectivity index (χ0n) is 11.7. The van der Waals surface area contributed by atoms with Crippen molar-refractivity contribution in [2.24, 2.45) is 5.92 Å². The van der Waals surface area contributed by atoms with Gasteiger partial charge in [0.25, 0.3) is 0 Å². The monoisotopic (exact) mass is 321 g/mol. The van der Waals surface area contributed by atoms with Gasteiger partial charge in [-0.3, -0.25) is 9.69 Å². The summed E-state index contributed by atoms with van der Waals surface area (Å²) in [6.45, 7) is 0.481. The minimum absolute atomic E-state index is 0.0799. The van der Waals surface area contributed by atoms with Crippen LogP contribution in [0.1, 0.15) is 17.5 Å². The lowest BCUT2D eigenvalue weighted by molar-refractivity contribution is -0.148. The van der Waals surface area contributed by atoms with E-state index in [2.05, 4.69) is 0 Å². The van der Waals surface area contributed by atoms with Crippen molar-refractivity contribution in [1.82, 2.24) is 4.90 Å². The first-order chi connectivity index (χ1) is 10.2. The fourth-order valence-electron chi connectivity index (χ4n) is 2.58. The Hall–Kier alpha value is -1.67. The summed E-state index contributed by atoms with van der Waals surface area (Å²) in [4.78, 5) is 12.2. The summed E-state index contributed by atoms with van der Waals surface area (Å²) < 4.78 is 54.6. The Balaban J connectivity index is 2.21. The number of carbonyl (C=O) groups is 1. The van der Waals surface area contributed by atoms with Gasteiger partial charge >= 0.3 is 5.97 Å². The van der Waals surface area contributed by atoms with Crippen LogP contribution in [0.5, 0.6) is 0 Å². The second kappa shape index (κ2) is 6.21. The molecule has 122 valence electrons. The van der Waals surface area contributed by atoms with Crippen LogP contribution in [0, 0.1) is 36.1 Å². The number of aliphatic carboxylic acids is 1. The van der Waals surface area contributed by atoms with Crippen molar-refractivity contribution >= 4 is 5.97 Å². The Morgan fingerprint density at radius 1 is 1.18 bits per heavy atom. The molecular formula is C14H15F4NO3. The number of aliphatic hydroxyl groups excluding tert-OH is 1. The van der Waals surface area contributed by atoms with E-state index in [0.29, 0.717) is 0 Å². The molecule has 2 rings (SSSR count). The number of piperidine rings is 1. The quantitative estimate of drug-likeness (QED) is 0.658. The summed E-state index contributed by atoms with van der Waals surface area (Å²) in [5, 5.41) is 18.6. The van der Waals surface area contributed by atoms with Gasteiger partial charge in [0.05, 0.1) is 12.0 Å². The third kappa shape index (κ3) is 2.93. The van der Waals surface area contributed by atoms with E-state index in [1.807, 2.05) is 0 Å². The molecule has 0 spiro atoms. The SMILES string of the molecule is Cc1c(F)c(F)c(CN2CC[C@H](C(=O)O)[C@H](O)C2)c(F)c1F. The minimum atomic E-state index is -1.47. The number of nitrogens with zero attached hydrogens (tertiary/aromatic N) is 1. The molecular weight excluding hydrogens is 306 g/mol. The van der Waals surface area contributed by atoms with Crippen LogP contribution in [-0.4, -0.2) is 40.3 Å². The molecule has 1 aromatic carbocycles. The minimum Gasteiger partial charge on any atom is -0.481 e. The molecule has 8 heteroatoms. The van der Waals surface area contributed by atoms with Gasteiger partial charge in [-0.05, 0) is 19.9 Å². The number of hydrogen-bond donors (Lipinski definition) is 2. The maximum absolute atomic E-state index is 13.8. The van der Waals surface area contributed by atoms with Gasteiger partial charge in [0.15, 0.2) is 23.3 Å². The van der Waals surface area contributed by atoms with Crippen LogP contribution in [0.3, 0.4) is 0 Å². The summed E-state index contributed by atoms with van der Waals surface area (Å²) in [5.41, 5.74) is -1.50. The number of hydrogen-bond acceptors (Lipinski definition) is 3. The van der Waals surface area contributed by atoms with Crippen LogP contribution in [0.2, 0.25) is 0 Å². The molecule has 0 amide bonds. The van der Waals surface area contributed by atoms with E-state index in [4.69, 9.17) is 5.11 Å². The molecule has 1 saturated heterocycles. The lowest BCUT2D eigenvalue weighted by Gasteiger charge is -2.34. The first-order valence-corrected chi connectivity index (χ1v) is 6.68. The smallest absolute Gasteiger partial charge is 0.309 e. The maximum Gasteiger partial charge on any atom is 0.309 e. The zero-order valence-corrected chi connectivity index (χ0v) is 11.7. The highest BCUT2D eigenvalue weighted by molar-refractivity contribution is 5.70. The van der Waals surface area contributed by atoms with Gasteiger partial charge in [0.1, 0.15) is 0 Å². The highest BCUT2D eigenvalue weighted by atomic mass is 19.2. The number of carboxylic acid groups (broad SMARTS) is 1.